The summed E-state index contributed by atoms with van der Waals surface area (Å²) in [7, 11) is 0. The van der Waals surface area contributed by atoms with Crippen LogP contribution in [0.25, 0.3) is 0 Å². The van der Waals surface area contributed by atoms with Gasteiger partial charge in [-0.3, -0.25) is 9.78 Å². The van der Waals surface area contributed by atoms with Gasteiger partial charge < -0.3 is 4.74 Å². The van der Waals surface area contributed by atoms with Gasteiger partial charge in [-0.25, -0.2) is 0 Å². The van der Waals surface area contributed by atoms with E-state index >= 15 is 0 Å². The van der Waals surface area contributed by atoms with Crippen LogP contribution < -0.4 is 0 Å². The number of carbonyl (C=O) groups excluding carboxylic acids is 1. The summed E-state index contributed by atoms with van der Waals surface area (Å²) in [6, 6.07) is 3.78. The Bertz CT molecular complexity index is 358. The summed E-state index contributed by atoms with van der Waals surface area (Å²) in [5, 5.41) is 0. The number of aromatic nitrogens is 1. The maximum Gasteiger partial charge on any atom is 0.141 e. The summed E-state index contributed by atoms with van der Waals surface area (Å²) in [6.45, 7) is 0.800. The molecule has 4 heteroatoms. The molecule has 0 saturated carbocycles. The van der Waals surface area contributed by atoms with E-state index in [1.165, 1.54) is 0 Å². The summed E-state index contributed by atoms with van der Waals surface area (Å²) >= 11 is 3.32. The molecule has 0 aliphatic carbocycles. The van der Waals surface area contributed by atoms with Crippen LogP contribution in [0.1, 0.15) is 25.0 Å². The van der Waals surface area contributed by atoms with Crippen molar-refractivity contribution in [2.45, 2.75) is 31.8 Å². The lowest BCUT2D eigenvalue weighted by Crippen LogP contribution is -2.14. The molecule has 1 aliphatic rings. The van der Waals surface area contributed by atoms with Crippen LogP contribution in [0, 0.1) is 0 Å². The van der Waals surface area contributed by atoms with Crippen molar-refractivity contribution in [3.63, 3.8) is 0 Å². The van der Waals surface area contributed by atoms with Crippen LogP contribution >= 0.6 is 15.9 Å². The Morgan fingerprint density at radius 3 is 3.06 bits per heavy atom. The van der Waals surface area contributed by atoms with Crippen LogP contribution in [-0.4, -0.2) is 23.5 Å². The molecule has 2 rings (SSSR count). The number of nitrogens with zero attached hydrogens (tertiary/aromatic N) is 1. The fraction of sp³-hybridized carbons (Fsp3) is 0.500. The number of carbonyl (C=O) groups is 1. The van der Waals surface area contributed by atoms with E-state index in [9.17, 15) is 4.79 Å². The monoisotopic (exact) mass is 283 g/mol. The number of ether oxygens (including phenoxy) is 1. The first-order valence-electron chi connectivity index (χ1n) is 5.48. The predicted molar refractivity (Wildman–Crippen MR) is 64.2 cm³/mol. The van der Waals surface area contributed by atoms with E-state index in [4.69, 9.17) is 4.74 Å². The van der Waals surface area contributed by atoms with Gasteiger partial charge in [-0.1, -0.05) is 0 Å². The predicted octanol–water partition coefficient (Wildman–Crippen LogP) is 2.52. The highest BCUT2D eigenvalue weighted by Gasteiger charge is 2.19. The second-order valence-electron chi connectivity index (χ2n) is 4.02. The lowest BCUT2D eigenvalue weighted by Gasteiger charge is -2.07. The van der Waals surface area contributed by atoms with Crippen molar-refractivity contribution in [1.82, 2.24) is 4.98 Å². The molecule has 16 heavy (non-hydrogen) atoms. The molecule has 1 atom stereocenters. The quantitative estimate of drug-likeness (QED) is 0.853. The molecule has 3 nitrogen and oxygen atoms in total. The Labute approximate surface area is 103 Å². The van der Waals surface area contributed by atoms with Crippen molar-refractivity contribution in [3.05, 3.63) is 28.5 Å². The molecule has 0 amide bonds. The van der Waals surface area contributed by atoms with Gasteiger partial charge in [0.25, 0.3) is 0 Å². The van der Waals surface area contributed by atoms with Gasteiger partial charge in [-0.15, -0.1) is 0 Å². The molecule has 0 radical (unpaired) electrons. The molecule has 1 saturated heterocycles. The Hall–Kier alpha value is -0.740. The van der Waals surface area contributed by atoms with Gasteiger partial charge in [0.05, 0.1) is 6.10 Å². The summed E-state index contributed by atoms with van der Waals surface area (Å²) < 4.78 is 6.36. The Morgan fingerprint density at radius 1 is 1.56 bits per heavy atom. The number of pyridine rings is 1. The van der Waals surface area contributed by atoms with Gasteiger partial charge in [-0.2, -0.15) is 0 Å². The Kier molecular flexibility index (Phi) is 4.07. The standard InChI is InChI=1S/C12H14BrNO2/c13-9-3-4-10(14-8-9)6-11(15)7-12-2-1-5-16-12/h3-4,8,12H,1-2,5-7H2. The largest absolute Gasteiger partial charge is 0.378 e. The van der Waals surface area contributed by atoms with Crippen molar-refractivity contribution >= 4 is 21.7 Å². The molecule has 0 N–H and O–H groups in total. The van der Waals surface area contributed by atoms with E-state index in [2.05, 4.69) is 20.9 Å². The molecule has 2 heterocycles. The molecule has 0 bridgehead atoms. The summed E-state index contributed by atoms with van der Waals surface area (Å²) in [5.41, 5.74) is 0.825. The molecule has 1 aromatic rings. The van der Waals surface area contributed by atoms with Crippen molar-refractivity contribution in [3.8, 4) is 0 Å². The molecule has 86 valence electrons. The fourth-order valence-electron chi connectivity index (χ4n) is 1.84. The van der Waals surface area contributed by atoms with E-state index in [0.717, 1.165) is 29.6 Å². The van der Waals surface area contributed by atoms with E-state index in [1.807, 2.05) is 12.1 Å². The number of hydrogen-bond donors (Lipinski definition) is 0. The van der Waals surface area contributed by atoms with Crippen LogP contribution in [0.2, 0.25) is 0 Å². The minimum atomic E-state index is 0.142. The van der Waals surface area contributed by atoms with Gasteiger partial charge in [0, 0.05) is 35.8 Å². The molecule has 1 aliphatic heterocycles. The Balaban J connectivity index is 1.84. The van der Waals surface area contributed by atoms with Crippen LogP contribution in [0.15, 0.2) is 22.8 Å². The van der Waals surface area contributed by atoms with E-state index in [-0.39, 0.29) is 11.9 Å². The Morgan fingerprint density at radius 2 is 2.44 bits per heavy atom. The third kappa shape index (κ3) is 3.39. The number of halogens is 1. The molecule has 1 fully saturated rings. The molecular weight excluding hydrogens is 270 g/mol. The fourth-order valence-corrected chi connectivity index (χ4v) is 2.08. The van der Waals surface area contributed by atoms with Crippen molar-refractivity contribution < 1.29 is 9.53 Å². The zero-order chi connectivity index (χ0) is 11.4. The van der Waals surface area contributed by atoms with E-state index in [0.29, 0.717) is 12.8 Å². The summed E-state index contributed by atoms with van der Waals surface area (Å²) in [4.78, 5) is 15.9. The van der Waals surface area contributed by atoms with Gasteiger partial charge in [0.2, 0.25) is 0 Å². The van der Waals surface area contributed by atoms with Gasteiger partial charge in [0.1, 0.15) is 5.78 Å². The minimum absolute atomic E-state index is 0.142. The normalized spacial score (nSPS) is 19.9. The highest BCUT2D eigenvalue weighted by Crippen LogP contribution is 2.16. The molecule has 0 spiro atoms. The highest BCUT2D eigenvalue weighted by molar-refractivity contribution is 9.10. The second-order valence-corrected chi connectivity index (χ2v) is 4.94. The summed E-state index contributed by atoms with van der Waals surface area (Å²) in [6.07, 6.45) is 4.89. The number of Topliss-reactive ketones (excluding diaryl/α,β-unsaturated/α-hetero) is 1. The van der Waals surface area contributed by atoms with E-state index in [1.54, 1.807) is 6.20 Å². The van der Waals surface area contributed by atoms with Crippen LogP contribution in [0.5, 0.6) is 0 Å². The summed E-state index contributed by atoms with van der Waals surface area (Å²) in [5.74, 6) is 0.210. The van der Waals surface area contributed by atoms with Gasteiger partial charge >= 0.3 is 0 Å². The van der Waals surface area contributed by atoms with Crippen molar-refractivity contribution in [2.24, 2.45) is 0 Å². The lowest BCUT2D eigenvalue weighted by atomic mass is 10.1. The number of rotatable bonds is 4. The zero-order valence-electron chi connectivity index (χ0n) is 8.99. The maximum absolute atomic E-state index is 11.7. The third-order valence-electron chi connectivity index (χ3n) is 2.65. The van der Waals surface area contributed by atoms with E-state index < -0.39 is 0 Å². The maximum atomic E-state index is 11.7. The molecule has 1 unspecified atom stereocenters. The first kappa shape index (κ1) is 11.7. The topological polar surface area (TPSA) is 39.2 Å². The molecule has 1 aromatic heterocycles. The highest BCUT2D eigenvalue weighted by atomic mass is 79.9. The first-order chi connectivity index (χ1) is 7.74. The van der Waals surface area contributed by atoms with Crippen LogP contribution in [-0.2, 0) is 16.0 Å². The smallest absolute Gasteiger partial charge is 0.141 e. The van der Waals surface area contributed by atoms with Gasteiger partial charge in [0.15, 0.2) is 0 Å². The number of hydrogen-bond acceptors (Lipinski definition) is 3. The van der Waals surface area contributed by atoms with Gasteiger partial charge in [-0.05, 0) is 40.9 Å². The van der Waals surface area contributed by atoms with Crippen LogP contribution in [0.4, 0.5) is 0 Å². The lowest BCUT2D eigenvalue weighted by molar-refractivity contribution is -0.120. The minimum Gasteiger partial charge on any atom is -0.378 e. The number of ketones is 1. The second kappa shape index (κ2) is 5.55. The third-order valence-corrected chi connectivity index (χ3v) is 3.12. The van der Waals surface area contributed by atoms with Crippen molar-refractivity contribution in [2.75, 3.05) is 6.61 Å². The molecular formula is C12H14BrNO2. The SMILES string of the molecule is O=C(Cc1ccc(Br)cn1)CC1CCCO1. The average molecular weight is 284 g/mol. The van der Waals surface area contributed by atoms with Crippen LogP contribution in [0.3, 0.4) is 0 Å². The average Bonchev–Trinajstić information content (AvgIpc) is 2.74. The molecule has 0 aromatic carbocycles. The zero-order valence-corrected chi connectivity index (χ0v) is 10.6. The first-order valence-corrected chi connectivity index (χ1v) is 6.27. The van der Waals surface area contributed by atoms with Crippen molar-refractivity contribution in [1.29, 1.82) is 0 Å².